The topological polar surface area (TPSA) is 79.8 Å². The van der Waals surface area contributed by atoms with Gasteiger partial charge in [-0.2, -0.15) is 0 Å². The van der Waals surface area contributed by atoms with E-state index >= 15 is 0 Å². The first-order valence-electron chi connectivity index (χ1n) is 7.23. The molecule has 2 N–H and O–H groups in total. The third-order valence-electron chi connectivity index (χ3n) is 3.17. The highest BCUT2D eigenvalue weighted by molar-refractivity contribution is 6.30. The lowest BCUT2D eigenvalue weighted by atomic mass is 10.3. The van der Waals surface area contributed by atoms with Gasteiger partial charge in [0.05, 0.1) is 17.8 Å². The summed E-state index contributed by atoms with van der Waals surface area (Å²) in [5.74, 6) is 0.150. The van der Waals surface area contributed by atoms with Gasteiger partial charge in [0.2, 0.25) is 5.95 Å². The van der Waals surface area contributed by atoms with Gasteiger partial charge >= 0.3 is 0 Å². The standard InChI is InChI=1S/C17H14ClN5O/c18-13-4-6-14(7-5-13)23-16(24)12-9-20-17(21-10-12)22-11-15-3-1-2-8-19-15/h1-10H,11H2,(H,23,24)(H,20,21,22). The van der Waals surface area contributed by atoms with Gasteiger partial charge in [0.25, 0.3) is 5.91 Å². The molecule has 0 radical (unpaired) electrons. The summed E-state index contributed by atoms with van der Waals surface area (Å²) >= 11 is 5.81. The van der Waals surface area contributed by atoms with Crippen molar-refractivity contribution in [1.29, 1.82) is 0 Å². The van der Waals surface area contributed by atoms with Crippen LogP contribution in [0.4, 0.5) is 11.6 Å². The maximum Gasteiger partial charge on any atom is 0.258 e. The molecule has 2 aromatic heterocycles. The van der Waals surface area contributed by atoms with Gasteiger partial charge in [0, 0.05) is 29.3 Å². The molecular formula is C17H14ClN5O. The Balaban J connectivity index is 1.59. The summed E-state index contributed by atoms with van der Waals surface area (Å²) in [5.41, 5.74) is 1.90. The van der Waals surface area contributed by atoms with Crippen LogP contribution < -0.4 is 10.6 Å². The molecule has 0 bridgehead atoms. The van der Waals surface area contributed by atoms with E-state index in [1.807, 2.05) is 18.2 Å². The molecule has 6 nitrogen and oxygen atoms in total. The number of rotatable bonds is 5. The van der Waals surface area contributed by atoms with Crippen LogP contribution in [0.3, 0.4) is 0 Å². The van der Waals surface area contributed by atoms with Crippen LogP contribution in [0.25, 0.3) is 0 Å². The van der Waals surface area contributed by atoms with Crippen LogP contribution >= 0.6 is 11.6 Å². The SMILES string of the molecule is O=C(Nc1ccc(Cl)cc1)c1cnc(NCc2ccccn2)nc1. The van der Waals surface area contributed by atoms with Crippen LogP contribution in [0.5, 0.6) is 0 Å². The molecule has 3 rings (SSSR count). The van der Waals surface area contributed by atoms with Gasteiger partial charge in [-0.3, -0.25) is 9.78 Å². The number of carbonyl (C=O) groups excluding carboxylic acids is 1. The molecule has 0 atom stereocenters. The number of amides is 1. The first-order valence-corrected chi connectivity index (χ1v) is 7.61. The molecule has 1 aromatic carbocycles. The van der Waals surface area contributed by atoms with Gasteiger partial charge < -0.3 is 10.6 Å². The Morgan fingerprint density at radius 1 is 1.00 bits per heavy atom. The number of hydrogen-bond donors (Lipinski definition) is 2. The Labute approximate surface area is 143 Å². The lowest BCUT2D eigenvalue weighted by Gasteiger charge is -2.06. The number of anilines is 2. The molecule has 7 heteroatoms. The monoisotopic (exact) mass is 339 g/mol. The maximum atomic E-state index is 12.1. The Morgan fingerprint density at radius 2 is 1.75 bits per heavy atom. The van der Waals surface area contributed by atoms with Crippen molar-refractivity contribution in [3.8, 4) is 0 Å². The van der Waals surface area contributed by atoms with E-state index in [2.05, 4.69) is 25.6 Å². The number of halogens is 1. The van der Waals surface area contributed by atoms with Gasteiger partial charge in [-0.1, -0.05) is 17.7 Å². The fraction of sp³-hybridized carbons (Fsp3) is 0.0588. The molecular weight excluding hydrogens is 326 g/mol. The number of nitrogens with one attached hydrogen (secondary N) is 2. The third-order valence-corrected chi connectivity index (χ3v) is 3.42. The minimum absolute atomic E-state index is 0.284. The lowest BCUT2D eigenvalue weighted by Crippen LogP contribution is -2.13. The summed E-state index contributed by atoms with van der Waals surface area (Å²) in [4.78, 5) is 24.6. The van der Waals surface area contributed by atoms with Crippen molar-refractivity contribution in [2.45, 2.75) is 6.54 Å². The van der Waals surface area contributed by atoms with E-state index < -0.39 is 0 Å². The summed E-state index contributed by atoms with van der Waals surface area (Å²) in [6.07, 6.45) is 4.67. The lowest BCUT2D eigenvalue weighted by molar-refractivity contribution is 0.102. The zero-order chi connectivity index (χ0) is 16.8. The molecule has 2 heterocycles. The van der Waals surface area contributed by atoms with Crippen LogP contribution in [0.2, 0.25) is 5.02 Å². The Bertz CT molecular complexity index is 807. The van der Waals surface area contributed by atoms with E-state index in [0.29, 0.717) is 28.8 Å². The molecule has 0 aliphatic carbocycles. The third kappa shape index (κ3) is 4.27. The maximum absolute atomic E-state index is 12.1. The first kappa shape index (κ1) is 15.9. The van der Waals surface area contributed by atoms with E-state index in [1.54, 1.807) is 30.5 Å². The second-order valence-electron chi connectivity index (χ2n) is 4.93. The predicted molar refractivity (Wildman–Crippen MR) is 93.0 cm³/mol. The van der Waals surface area contributed by atoms with Crippen molar-refractivity contribution in [3.05, 3.63) is 77.3 Å². The summed E-state index contributed by atoms with van der Waals surface area (Å²) in [6.45, 7) is 0.511. The molecule has 0 aliphatic heterocycles. The molecule has 1 amide bonds. The normalized spacial score (nSPS) is 10.2. The summed E-state index contributed by atoms with van der Waals surface area (Å²) in [5, 5.41) is 6.42. The minimum atomic E-state index is -0.284. The van der Waals surface area contributed by atoms with Crippen LogP contribution in [-0.2, 0) is 6.54 Å². The van der Waals surface area contributed by atoms with Crippen molar-refractivity contribution in [1.82, 2.24) is 15.0 Å². The predicted octanol–water partition coefficient (Wildman–Crippen LogP) is 3.39. The molecule has 0 fully saturated rings. The number of benzene rings is 1. The highest BCUT2D eigenvalue weighted by atomic mass is 35.5. The van der Waals surface area contributed by atoms with E-state index in [4.69, 9.17) is 11.6 Å². The number of pyridine rings is 1. The van der Waals surface area contributed by atoms with E-state index in [9.17, 15) is 4.79 Å². The van der Waals surface area contributed by atoms with Crippen molar-refractivity contribution in [3.63, 3.8) is 0 Å². The van der Waals surface area contributed by atoms with Crippen molar-refractivity contribution < 1.29 is 4.79 Å². The molecule has 0 saturated heterocycles. The second-order valence-corrected chi connectivity index (χ2v) is 5.37. The fourth-order valence-electron chi connectivity index (χ4n) is 1.95. The largest absolute Gasteiger partial charge is 0.349 e. The van der Waals surface area contributed by atoms with E-state index in [-0.39, 0.29) is 5.91 Å². The number of aromatic nitrogens is 3. The first-order chi connectivity index (χ1) is 11.7. The van der Waals surface area contributed by atoms with Crippen molar-refractivity contribution >= 4 is 29.1 Å². The number of carbonyl (C=O) groups is 1. The number of hydrogen-bond acceptors (Lipinski definition) is 5. The second kappa shape index (κ2) is 7.52. The Kier molecular flexibility index (Phi) is 4.98. The average Bonchev–Trinajstić information content (AvgIpc) is 2.63. The van der Waals surface area contributed by atoms with Gasteiger partial charge in [0.15, 0.2) is 0 Å². The Hall–Kier alpha value is -2.99. The van der Waals surface area contributed by atoms with Crippen LogP contribution in [-0.4, -0.2) is 20.9 Å². The minimum Gasteiger partial charge on any atom is -0.349 e. The molecule has 120 valence electrons. The van der Waals surface area contributed by atoms with Crippen LogP contribution in [0.15, 0.2) is 61.1 Å². The highest BCUT2D eigenvalue weighted by Crippen LogP contribution is 2.14. The zero-order valence-corrected chi connectivity index (χ0v) is 13.4. The highest BCUT2D eigenvalue weighted by Gasteiger charge is 2.08. The van der Waals surface area contributed by atoms with Crippen molar-refractivity contribution in [2.75, 3.05) is 10.6 Å². The Morgan fingerprint density at radius 3 is 2.42 bits per heavy atom. The molecule has 24 heavy (non-hydrogen) atoms. The van der Waals surface area contributed by atoms with Crippen LogP contribution in [0, 0.1) is 0 Å². The van der Waals surface area contributed by atoms with E-state index in [1.165, 1.54) is 12.4 Å². The van der Waals surface area contributed by atoms with Gasteiger partial charge in [0.1, 0.15) is 0 Å². The molecule has 0 spiro atoms. The summed E-state index contributed by atoms with van der Waals surface area (Å²) in [7, 11) is 0. The van der Waals surface area contributed by atoms with Gasteiger partial charge in [-0.25, -0.2) is 9.97 Å². The van der Waals surface area contributed by atoms with Crippen molar-refractivity contribution in [2.24, 2.45) is 0 Å². The quantitative estimate of drug-likeness (QED) is 0.744. The smallest absolute Gasteiger partial charge is 0.258 e. The zero-order valence-electron chi connectivity index (χ0n) is 12.6. The number of nitrogens with zero attached hydrogens (tertiary/aromatic N) is 3. The molecule has 0 saturated carbocycles. The fourth-order valence-corrected chi connectivity index (χ4v) is 2.07. The molecule has 3 aromatic rings. The molecule has 0 aliphatic rings. The van der Waals surface area contributed by atoms with Gasteiger partial charge in [-0.15, -0.1) is 0 Å². The van der Waals surface area contributed by atoms with Gasteiger partial charge in [-0.05, 0) is 36.4 Å². The van der Waals surface area contributed by atoms with Crippen LogP contribution in [0.1, 0.15) is 16.1 Å². The summed E-state index contributed by atoms with van der Waals surface area (Å²) in [6, 6.07) is 12.5. The average molecular weight is 340 g/mol. The summed E-state index contributed by atoms with van der Waals surface area (Å²) < 4.78 is 0. The van der Waals surface area contributed by atoms with E-state index in [0.717, 1.165) is 5.69 Å². The molecule has 0 unspecified atom stereocenters.